The molecule has 0 aliphatic carbocycles. The Morgan fingerprint density at radius 3 is 2.64 bits per heavy atom. The number of nitrogens with zero attached hydrogens (tertiary/aromatic N) is 1. The summed E-state index contributed by atoms with van der Waals surface area (Å²) in [6.07, 6.45) is 5.35. The van der Waals surface area contributed by atoms with E-state index in [0.29, 0.717) is 6.04 Å². The highest BCUT2D eigenvalue weighted by Gasteiger charge is 2.25. The molecule has 62 valence electrons. The van der Waals surface area contributed by atoms with Crippen LogP contribution in [0.15, 0.2) is 0 Å². The molecule has 2 nitrogen and oxygen atoms in total. The molecule has 1 rings (SSSR count). The highest BCUT2D eigenvalue weighted by atomic mass is 15.2. The van der Waals surface area contributed by atoms with Crippen LogP contribution in [-0.4, -0.2) is 36.6 Å². The van der Waals surface area contributed by atoms with Crippen LogP contribution in [0.25, 0.3) is 0 Å². The van der Waals surface area contributed by atoms with Crippen molar-refractivity contribution >= 4 is 0 Å². The van der Waals surface area contributed by atoms with Crippen LogP contribution in [0.3, 0.4) is 0 Å². The third-order valence-corrected chi connectivity index (χ3v) is 2.33. The summed E-state index contributed by atoms with van der Waals surface area (Å²) < 4.78 is 0. The molecule has 1 aliphatic rings. The number of hydrogen-bond donors (Lipinski definition) is 1. The van der Waals surface area contributed by atoms with Crippen LogP contribution < -0.4 is 5.32 Å². The zero-order chi connectivity index (χ0) is 8.27. The van der Waals surface area contributed by atoms with Gasteiger partial charge in [-0.3, -0.25) is 4.90 Å². The van der Waals surface area contributed by atoms with Gasteiger partial charge in [0.1, 0.15) is 0 Å². The van der Waals surface area contributed by atoms with Crippen molar-refractivity contribution in [3.8, 4) is 12.3 Å². The summed E-state index contributed by atoms with van der Waals surface area (Å²) in [5.41, 5.74) is 0. The molecule has 1 heterocycles. The monoisotopic (exact) mass is 152 g/mol. The molecule has 11 heavy (non-hydrogen) atoms. The highest BCUT2D eigenvalue weighted by Crippen LogP contribution is 2.08. The van der Waals surface area contributed by atoms with Crippen molar-refractivity contribution in [2.24, 2.45) is 0 Å². The molecule has 0 radical (unpaired) electrons. The summed E-state index contributed by atoms with van der Waals surface area (Å²) >= 11 is 0. The van der Waals surface area contributed by atoms with Crippen LogP contribution in [0.2, 0.25) is 0 Å². The third kappa shape index (κ3) is 1.74. The fraction of sp³-hybridized carbons (Fsp3) is 0.778. The van der Waals surface area contributed by atoms with Crippen molar-refractivity contribution in [1.29, 1.82) is 0 Å². The second kappa shape index (κ2) is 3.75. The second-order valence-electron chi connectivity index (χ2n) is 2.99. The summed E-state index contributed by atoms with van der Waals surface area (Å²) in [5, 5.41) is 3.24. The van der Waals surface area contributed by atoms with Gasteiger partial charge in [0.2, 0.25) is 0 Å². The second-order valence-corrected chi connectivity index (χ2v) is 2.99. The lowest BCUT2D eigenvalue weighted by Crippen LogP contribution is -2.59. The van der Waals surface area contributed by atoms with E-state index >= 15 is 0 Å². The first-order valence-corrected chi connectivity index (χ1v) is 4.22. The van der Waals surface area contributed by atoms with E-state index in [9.17, 15) is 0 Å². The Labute approximate surface area is 69.0 Å². The topological polar surface area (TPSA) is 15.3 Å². The first-order chi connectivity index (χ1) is 5.29. The van der Waals surface area contributed by atoms with Crippen molar-refractivity contribution in [3.63, 3.8) is 0 Å². The van der Waals surface area contributed by atoms with Crippen molar-refractivity contribution in [1.82, 2.24) is 10.2 Å². The minimum absolute atomic E-state index is 0.284. The maximum Gasteiger partial charge on any atom is 0.0686 e. The van der Waals surface area contributed by atoms with Gasteiger partial charge in [-0.2, -0.15) is 0 Å². The lowest BCUT2D eigenvalue weighted by molar-refractivity contribution is 0.134. The van der Waals surface area contributed by atoms with E-state index in [-0.39, 0.29) is 6.04 Å². The standard InChI is InChI=1S/C9H16N2/c1-4-8(3)11(5-2)9-6-10-7-9/h1,8-10H,5-7H2,2-3H3. The number of nitrogens with one attached hydrogen (secondary N) is 1. The van der Waals surface area contributed by atoms with Gasteiger partial charge < -0.3 is 5.32 Å². The Kier molecular flexibility index (Phi) is 2.92. The van der Waals surface area contributed by atoms with Gasteiger partial charge in [0.15, 0.2) is 0 Å². The van der Waals surface area contributed by atoms with E-state index in [1.165, 1.54) is 0 Å². The SMILES string of the molecule is C#CC(C)N(CC)C1CNC1. The van der Waals surface area contributed by atoms with Crippen molar-refractivity contribution in [2.45, 2.75) is 25.9 Å². The number of likely N-dealkylation sites (N-methyl/N-ethyl adjacent to an activating group) is 1. The molecule has 0 amide bonds. The Morgan fingerprint density at radius 1 is 1.73 bits per heavy atom. The van der Waals surface area contributed by atoms with E-state index in [4.69, 9.17) is 6.42 Å². The first kappa shape index (κ1) is 8.58. The molecule has 0 aromatic rings. The highest BCUT2D eigenvalue weighted by molar-refractivity contribution is 5.00. The van der Waals surface area contributed by atoms with Gasteiger partial charge in [-0.1, -0.05) is 12.8 Å². The molecule has 0 aromatic heterocycles. The fourth-order valence-corrected chi connectivity index (χ4v) is 1.45. The van der Waals surface area contributed by atoms with Gasteiger partial charge in [-0.15, -0.1) is 6.42 Å². The Hall–Kier alpha value is -0.520. The van der Waals surface area contributed by atoms with Gasteiger partial charge in [0.05, 0.1) is 6.04 Å². The van der Waals surface area contributed by atoms with Crippen LogP contribution in [0.1, 0.15) is 13.8 Å². The molecule has 0 saturated carbocycles. The van der Waals surface area contributed by atoms with E-state index in [1.807, 2.05) is 0 Å². The molecule has 0 aromatic carbocycles. The van der Waals surface area contributed by atoms with Crippen molar-refractivity contribution in [3.05, 3.63) is 0 Å². The molecule has 1 fully saturated rings. The van der Waals surface area contributed by atoms with E-state index in [0.717, 1.165) is 19.6 Å². The maximum absolute atomic E-state index is 5.35. The molecular formula is C9H16N2. The van der Waals surface area contributed by atoms with Crippen LogP contribution >= 0.6 is 0 Å². The van der Waals surface area contributed by atoms with Gasteiger partial charge in [-0.25, -0.2) is 0 Å². The minimum atomic E-state index is 0.284. The number of terminal acetylenes is 1. The summed E-state index contributed by atoms with van der Waals surface area (Å²) in [6, 6.07) is 0.957. The smallest absolute Gasteiger partial charge is 0.0686 e. The van der Waals surface area contributed by atoms with Crippen LogP contribution in [-0.2, 0) is 0 Å². The lowest BCUT2D eigenvalue weighted by Gasteiger charge is -2.39. The summed E-state index contributed by atoms with van der Waals surface area (Å²) in [6.45, 7) is 7.49. The Balaban J connectivity index is 2.42. The van der Waals surface area contributed by atoms with Gasteiger partial charge >= 0.3 is 0 Å². The Morgan fingerprint density at radius 2 is 2.36 bits per heavy atom. The number of rotatable bonds is 3. The molecule has 1 N–H and O–H groups in total. The van der Waals surface area contributed by atoms with Crippen LogP contribution in [0.5, 0.6) is 0 Å². The molecule has 1 unspecified atom stereocenters. The first-order valence-electron chi connectivity index (χ1n) is 4.22. The van der Waals surface area contributed by atoms with Gasteiger partial charge in [0.25, 0.3) is 0 Å². The molecule has 0 spiro atoms. The van der Waals surface area contributed by atoms with Crippen molar-refractivity contribution in [2.75, 3.05) is 19.6 Å². The van der Waals surface area contributed by atoms with Gasteiger partial charge in [0, 0.05) is 19.1 Å². The average molecular weight is 152 g/mol. The summed E-state index contributed by atoms with van der Waals surface area (Å²) in [5.74, 6) is 2.76. The van der Waals surface area contributed by atoms with E-state index in [2.05, 4.69) is 30.0 Å². The maximum atomic E-state index is 5.35. The van der Waals surface area contributed by atoms with Crippen molar-refractivity contribution < 1.29 is 0 Å². The zero-order valence-electron chi connectivity index (χ0n) is 7.30. The predicted octanol–water partition coefficient (Wildman–Crippen LogP) is 0.302. The molecule has 1 atom stereocenters. The molecule has 1 saturated heterocycles. The zero-order valence-corrected chi connectivity index (χ0v) is 7.30. The number of hydrogen-bond acceptors (Lipinski definition) is 2. The minimum Gasteiger partial charge on any atom is -0.314 e. The van der Waals surface area contributed by atoms with Crippen LogP contribution in [0.4, 0.5) is 0 Å². The quantitative estimate of drug-likeness (QED) is 0.585. The Bertz CT molecular complexity index is 155. The fourth-order valence-electron chi connectivity index (χ4n) is 1.45. The lowest BCUT2D eigenvalue weighted by atomic mass is 10.1. The molecular weight excluding hydrogens is 136 g/mol. The van der Waals surface area contributed by atoms with Crippen LogP contribution in [0, 0.1) is 12.3 Å². The summed E-state index contributed by atoms with van der Waals surface area (Å²) in [4.78, 5) is 2.36. The van der Waals surface area contributed by atoms with E-state index in [1.54, 1.807) is 0 Å². The van der Waals surface area contributed by atoms with Gasteiger partial charge in [-0.05, 0) is 13.5 Å². The molecule has 0 bridgehead atoms. The molecule has 1 aliphatic heterocycles. The van der Waals surface area contributed by atoms with E-state index < -0.39 is 0 Å². The largest absolute Gasteiger partial charge is 0.314 e. The molecule has 2 heteroatoms. The third-order valence-electron chi connectivity index (χ3n) is 2.33. The summed E-state index contributed by atoms with van der Waals surface area (Å²) in [7, 11) is 0. The average Bonchev–Trinajstić information content (AvgIpc) is 1.94. The predicted molar refractivity (Wildman–Crippen MR) is 47.3 cm³/mol. The normalized spacial score (nSPS) is 20.9.